The van der Waals surface area contributed by atoms with Crippen molar-refractivity contribution in [3.8, 4) is 0 Å². The average Bonchev–Trinajstić information content (AvgIpc) is 2.11. The maximum Gasteiger partial charge on any atom is 0.341 e. The lowest BCUT2D eigenvalue weighted by Gasteiger charge is -2.04. The van der Waals surface area contributed by atoms with Gasteiger partial charge in [0.05, 0.1) is 3.57 Å². The molecule has 1 rings (SSSR count). The van der Waals surface area contributed by atoms with Crippen molar-refractivity contribution in [1.82, 2.24) is 0 Å². The van der Waals surface area contributed by atoms with Crippen LogP contribution in [-0.4, -0.2) is 11.1 Å². The van der Waals surface area contributed by atoms with E-state index in [0.717, 1.165) is 22.6 Å². The number of carboxylic acid groups (broad SMARTS) is 1. The van der Waals surface area contributed by atoms with Gasteiger partial charge >= 0.3 is 5.97 Å². The lowest BCUT2D eigenvalue weighted by Crippen LogP contribution is -2.11. The third-order valence-corrected chi connectivity index (χ3v) is 2.37. The second-order valence-corrected chi connectivity index (χ2v) is 3.33. The Labute approximate surface area is 88.7 Å². The second-order valence-electron chi connectivity index (χ2n) is 2.25. The van der Waals surface area contributed by atoms with E-state index in [9.17, 15) is 22.4 Å². The molecule has 0 heterocycles. The third kappa shape index (κ3) is 1.56. The third-order valence-electron chi connectivity index (χ3n) is 1.42. The zero-order valence-electron chi connectivity index (χ0n) is 6.25. The van der Waals surface area contributed by atoms with E-state index in [-0.39, 0.29) is 0 Å². The molecule has 14 heavy (non-hydrogen) atoms. The minimum absolute atomic E-state index is 0.914. The monoisotopic (exact) mass is 320 g/mol. The van der Waals surface area contributed by atoms with Gasteiger partial charge in [-0.15, -0.1) is 0 Å². The summed E-state index contributed by atoms with van der Waals surface area (Å²) in [6.45, 7) is 0. The Morgan fingerprint density at radius 3 is 1.64 bits per heavy atom. The Bertz CT molecular complexity index is 390. The maximum atomic E-state index is 12.8. The van der Waals surface area contributed by atoms with Crippen LogP contribution in [0.25, 0.3) is 0 Å². The molecule has 0 amide bonds. The average molecular weight is 320 g/mol. The van der Waals surface area contributed by atoms with Crippen LogP contribution in [-0.2, 0) is 0 Å². The van der Waals surface area contributed by atoms with Crippen LogP contribution in [0.3, 0.4) is 0 Å². The van der Waals surface area contributed by atoms with Gasteiger partial charge in [0.2, 0.25) is 0 Å². The Balaban J connectivity index is 3.68. The van der Waals surface area contributed by atoms with E-state index in [1.54, 1.807) is 0 Å². The van der Waals surface area contributed by atoms with Crippen molar-refractivity contribution >= 4 is 28.6 Å². The van der Waals surface area contributed by atoms with Gasteiger partial charge in [0.1, 0.15) is 5.56 Å². The second kappa shape index (κ2) is 3.71. The van der Waals surface area contributed by atoms with Gasteiger partial charge in [0.25, 0.3) is 0 Å². The molecule has 2 nitrogen and oxygen atoms in total. The van der Waals surface area contributed by atoms with Crippen molar-refractivity contribution in [3.63, 3.8) is 0 Å². The summed E-state index contributed by atoms with van der Waals surface area (Å²) in [5.41, 5.74) is -1.62. The van der Waals surface area contributed by atoms with Gasteiger partial charge in [-0.25, -0.2) is 22.4 Å². The van der Waals surface area contributed by atoms with Gasteiger partial charge < -0.3 is 5.11 Å². The van der Waals surface area contributed by atoms with E-state index in [1.807, 2.05) is 0 Å². The molecule has 0 aromatic heterocycles. The summed E-state index contributed by atoms with van der Waals surface area (Å²) < 4.78 is 50.1. The molecule has 0 radical (unpaired) electrons. The van der Waals surface area contributed by atoms with Crippen LogP contribution < -0.4 is 0 Å². The molecule has 0 atom stereocenters. The number of benzene rings is 1. The van der Waals surface area contributed by atoms with E-state index < -0.39 is 38.4 Å². The summed E-state index contributed by atoms with van der Waals surface area (Å²) in [6, 6.07) is 0. The molecule has 0 spiro atoms. The highest BCUT2D eigenvalue weighted by molar-refractivity contribution is 14.1. The molecular formula is C7HF4IO2. The molecule has 0 aliphatic heterocycles. The first kappa shape index (κ1) is 11.2. The molecule has 1 aromatic carbocycles. The van der Waals surface area contributed by atoms with Crippen LogP contribution >= 0.6 is 22.6 Å². The largest absolute Gasteiger partial charge is 0.477 e. The standard InChI is InChI=1S/C7HF4IO2/c8-2-1(7(13)14)3(9)5(11)6(12)4(2)10/h(H,13,14). The number of aromatic carboxylic acids is 1. The summed E-state index contributed by atoms with van der Waals surface area (Å²) >= 11 is 1.04. The Kier molecular flexibility index (Phi) is 2.98. The highest BCUT2D eigenvalue weighted by Gasteiger charge is 2.27. The summed E-state index contributed by atoms with van der Waals surface area (Å²) in [4.78, 5) is 10.2. The Morgan fingerprint density at radius 2 is 1.36 bits per heavy atom. The smallest absolute Gasteiger partial charge is 0.341 e. The lowest BCUT2D eigenvalue weighted by atomic mass is 10.2. The summed E-state index contributed by atoms with van der Waals surface area (Å²) in [5.74, 6) is -9.28. The van der Waals surface area contributed by atoms with E-state index in [2.05, 4.69) is 0 Å². The number of carbonyl (C=O) groups is 1. The van der Waals surface area contributed by atoms with Crippen molar-refractivity contribution in [1.29, 1.82) is 0 Å². The molecule has 7 heteroatoms. The van der Waals surface area contributed by atoms with Gasteiger partial charge in [-0.2, -0.15) is 0 Å². The zero-order valence-corrected chi connectivity index (χ0v) is 8.40. The van der Waals surface area contributed by atoms with Crippen LogP contribution in [0.2, 0.25) is 0 Å². The predicted molar refractivity (Wildman–Crippen MR) is 46.0 cm³/mol. The fourth-order valence-corrected chi connectivity index (χ4v) is 1.27. The van der Waals surface area contributed by atoms with Crippen LogP contribution in [0.5, 0.6) is 0 Å². The van der Waals surface area contributed by atoms with Gasteiger partial charge in [-0.05, 0) is 22.6 Å². The first-order valence-electron chi connectivity index (χ1n) is 3.12. The Morgan fingerprint density at radius 1 is 1.00 bits per heavy atom. The summed E-state index contributed by atoms with van der Waals surface area (Å²) in [5, 5.41) is 8.27. The first-order valence-corrected chi connectivity index (χ1v) is 4.20. The van der Waals surface area contributed by atoms with Crippen molar-refractivity contribution < 1.29 is 27.5 Å². The predicted octanol–water partition coefficient (Wildman–Crippen LogP) is 2.55. The van der Waals surface area contributed by atoms with Gasteiger partial charge in [-0.3, -0.25) is 0 Å². The lowest BCUT2D eigenvalue weighted by molar-refractivity contribution is 0.0683. The van der Waals surface area contributed by atoms with Gasteiger partial charge in [0, 0.05) is 0 Å². The van der Waals surface area contributed by atoms with Crippen LogP contribution in [0, 0.1) is 26.8 Å². The summed E-state index contributed by atoms with van der Waals surface area (Å²) in [7, 11) is 0. The van der Waals surface area contributed by atoms with E-state index in [0.29, 0.717) is 0 Å². The molecular weight excluding hydrogens is 319 g/mol. The van der Waals surface area contributed by atoms with E-state index >= 15 is 0 Å². The molecule has 1 N–H and O–H groups in total. The van der Waals surface area contributed by atoms with Crippen LogP contribution in [0.4, 0.5) is 17.6 Å². The van der Waals surface area contributed by atoms with Crippen molar-refractivity contribution in [2.45, 2.75) is 0 Å². The van der Waals surface area contributed by atoms with Crippen LogP contribution in [0.15, 0.2) is 0 Å². The molecule has 0 unspecified atom stereocenters. The van der Waals surface area contributed by atoms with E-state index in [1.165, 1.54) is 0 Å². The van der Waals surface area contributed by atoms with Crippen molar-refractivity contribution in [2.75, 3.05) is 0 Å². The molecule has 1 aromatic rings. The topological polar surface area (TPSA) is 37.3 Å². The normalized spacial score (nSPS) is 10.4. The Hall–Kier alpha value is -0.860. The van der Waals surface area contributed by atoms with Crippen molar-refractivity contribution in [2.24, 2.45) is 0 Å². The number of hydrogen-bond acceptors (Lipinski definition) is 1. The minimum Gasteiger partial charge on any atom is -0.477 e. The molecule has 0 bridgehead atoms. The zero-order chi connectivity index (χ0) is 11.0. The van der Waals surface area contributed by atoms with Gasteiger partial charge in [0.15, 0.2) is 23.3 Å². The highest BCUT2D eigenvalue weighted by atomic mass is 127. The molecule has 0 saturated carbocycles. The van der Waals surface area contributed by atoms with E-state index in [4.69, 9.17) is 5.11 Å². The summed E-state index contributed by atoms with van der Waals surface area (Å²) in [6.07, 6.45) is 0. The van der Waals surface area contributed by atoms with Crippen molar-refractivity contribution in [3.05, 3.63) is 32.4 Å². The number of rotatable bonds is 1. The first-order chi connectivity index (χ1) is 6.37. The minimum atomic E-state index is -2.06. The number of hydrogen-bond donors (Lipinski definition) is 1. The van der Waals surface area contributed by atoms with Gasteiger partial charge in [-0.1, -0.05) is 0 Å². The SMILES string of the molecule is O=C(O)c1c(F)c(F)c(I)c(F)c1F. The van der Waals surface area contributed by atoms with Crippen LogP contribution in [0.1, 0.15) is 10.4 Å². The fraction of sp³-hybridized carbons (Fsp3) is 0. The fourth-order valence-electron chi connectivity index (χ4n) is 0.793. The molecule has 0 saturated heterocycles. The number of halogens is 5. The highest BCUT2D eigenvalue weighted by Crippen LogP contribution is 2.25. The quantitative estimate of drug-likeness (QED) is 0.374. The number of carboxylic acids is 1. The molecule has 0 fully saturated rings. The molecule has 0 aliphatic rings. The molecule has 0 aliphatic carbocycles. The maximum absolute atomic E-state index is 12.8. The molecule has 76 valence electrons.